The molecule has 0 amide bonds. The van der Waals surface area contributed by atoms with E-state index in [-0.39, 0.29) is 0 Å². The summed E-state index contributed by atoms with van der Waals surface area (Å²) in [5.74, 6) is 0. The van der Waals surface area contributed by atoms with Gasteiger partial charge in [0.1, 0.15) is 0 Å². The summed E-state index contributed by atoms with van der Waals surface area (Å²) in [7, 11) is 0. The molecule has 0 saturated heterocycles. The quantitative estimate of drug-likeness (QED) is 0.421. The van der Waals surface area contributed by atoms with Crippen LogP contribution in [-0.4, -0.2) is 5.11 Å². The lowest BCUT2D eigenvalue weighted by Gasteiger charge is -2.17. The Morgan fingerprint density at radius 2 is 1.85 bits per heavy atom. The number of hydrogen-bond donors (Lipinski definition) is 1. The number of azide groups is 1. The summed E-state index contributed by atoms with van der Waals surface area (Å²) in [5, 5.41) is 13.0. The predicted molar refractivity (Wildman–Crippen MR) is 50.5 cm³/mol. The maximum atomic E-state index is 9.61. The minimum absolute atomic E-state index is 0.551. The molecule has 0 heterocycles. The first kappa shape index (κ1) is 9.58. The smallest absolute Gasteiger partial charge is 0.0840 e. The molecule has 0 aliphatic heterocycles. The van der Waals surface area contributed by atoms with E-state index in [0.29, 0.717) is 5.69 Å². The van der Waals surface area contributed by atoms with Gasteiger partial charge in [0.2, 0.25) is 0 Å². The predicted octanol–water partition coefficient (Wildman–Crippen LogP) is 2.86. The van der Waals surface area contributed by atoms with Crippen LogP contribution >= 0.6 is 0 Å². The van der Waals surface area contributed by atoms with Crippen molar-refractivity contribution >= 4 is 5.69 Å². The molecule has 0 fully saturated rings. The van der Waals surface area contributed by atoms with Crippen molar-refractivity contribution in [2.75, 3.05) is 0 Å². The zero-order valence-corrected chi connectivity index (χ0v) is 7.60. The second-order valence-corrected chi connectivity index (χ2v) is 3.30. The van der Waals surface area contributed by atoms with Crippen LogP contribution in [0.4, 0.5) is 5.69 Å². The van der Waals surface area contributed by atoms with Gasteiger partial charge in [-0.15, -0.1) is 0 Å². The third-order valence-electron chi connectivity index (χ3n) is 1.73. The molecule has 1 rings (SSSR count). The maximum Gasteiger partial charge on any atom is 0.0840 e. The maximum absolute atomic E-state index is 9.61. The van der Waals surface area contributed by atoms with Gasteiger partial charge in [0.05, 0.1) is 5.60 Å². The molecule has 1 aromatic carbocycles. The highest BCUT2D eigenvalue weighted by Gasteiger charge is 2.14. The fourth-order valence-electron chi connectivity index (χ4n) is 0.988. The van der Waals surface area contributed by atoms with E-state index in [9.17, 15) is 5.11 Å². The number of nitrogens with zero attached hydrogens (tertiary/aromatic N) is 3. The summed E-state index contributed by atoms with van der Waals surface area (Å²) >= 11 is 0. The Bertz CT molecular complexity index is 331. The summed E-state index contributed by atoms with van der Waals surface area (Å²) in [6.07, 6.45) is 0. The van der Waals surface area contributed by atoms with Gasteiger partial charge in [-0.3, -0.25) is 0 Å². The van der Waals surface area contributed by atoms with Gasteiger partial charge in [0, 0.05) is 10.6 Å². The molecule has 4 heteroatoms. The van der Waals surface area contributed by atoms with Crippen molar-refractivity contribution < 1.29 is 5.11 Å². The summed E-state index contributed by atoms with van der Waals surface area (Å²) in [4.78, 5) is 2.66. The van der Waals surface area contributed by atoms with Crippen molar-refractivity contribution in [3.05, 3.63) is 40.3 Å². The van der Waals surface area contributed by atoms with Crippen LogP contribution in [0.5, 0.6) is 0 Å². The van der Waals surface area contributed by atoms with Crippen LogP contribution in [0.3, 0.4) is 0 Å². The molecule has 0 saturated carbocycles. The van der Waals surface area contributed by atoms with Gasteiger partial charge < -0.3 is 5.11 Å². The lowest BCUT2D eigenvalue weighted by molar-refractivity contribution is 0.0786. The summed E-state index contributed by atoms with van der Waals surface area (Å²) in [6.45, 7) is 3.41. The first-order valence-electron chi connectivity index (χ1n) is 3.92. The second-order valence-electron chi connectivity index (χ2n) is 3.30. The lowest BCUT2D eigenvalue weighted by atomic mass is 9.98. The fourth-order valence-corrected chi connectivity index (χ4v) is 0.988. The van der Waals surface area contributed by atoms with Crippen molar-refractivity contribution in [2.45, 2.75) is 19.4 Å². The summed E-state index contributed by atoms with van der Waals surface area (Å²) in [6, 6.07) is 6.83. The van der Waals surface area contributed by atoms with E-state index in [4.69, 9.17) is 5.53 Å². The van der Waals surface area contributed by atoms with Gasteiger partial charge in [-0.25, -0.2) is 0 Å². The second kappa shape index (κ2) is 3.47. The lowest BCUT2D eigenvalue weighted by Crippen LogP contribution is -2.14. The largest absolute Gasteiger partial charge is 0.386 e. The highest BCUT2D eigenvalue weighted by Crippen LogP contribution is 2.22. The Morgan fingerprint density at radius 3 is 2.23 bits per heavy atom. The molecule has 0 bridgehead atoms. The van der Waals surface area contributed by atoms with Gasteiger partial charge in [-0.1, -0.05) is 29.4 Å². The minimum atomic E-state index is -0.852. The van der Waals surface area contributed by atoms with E-state index in [0.717, 1.165) is 5.56 Å². The van der Waals surface area contributed by atoms with Gasteiger partial charge in [0.25, 0.3) is 0 Å². The van der Waals surface area contributed by atoms with E-state index >= 15 is 0 Å². The molecule has 0 aliphatic rings. The third kappa shape index (κ3) is 2.47. The zero-order valence-electron chi connectivity index (χ0n) is 7.60. The zero-order chi connectivity index (χ0) is 9.90. The number of benzene rings is 1. The molecule has 1 N–H and O–H groups in total. The van der Waals surface area contributed by atoms with E-state index < -0.39 is 5.60 Å². The molecule has 4 nitrogen and oxygen atoms in total. The van der Waals surface area contributed by atoms with Crippen LogP contribution in [0.15, 0.2) is 29.4 Å². The molecular weight excluding hydrogens is 166 g/mol. The molecule has 0 spiro atoms. The van der Waals surface area contributed by atoms with E-state index in [1.807, 2.05) is 0 Å². The van der Waals surface area contributed by atoms with Gasteiger partial charge in [-0.05, 0) is 24.9 Å². The minimum Gasteiger partial charge on any atom is -0.386 e. The van der Waals surface area contributed by atoms with Crippen LogP contribution in [-0.2, 0) is 5.60 Å². The third-order valence-corrected chi connectivity index (χ3v) is 1.73. The molecule has 1 aromatic rings. The van der Waals surface area contributed by atoms with Gasteiger partial charge >= 0.3 is 0 Å². The molecule has 0 radical (unpaired) electrons. The van der Waals surface area contributed by atoms with Crippen LogP contribution in [0.1, 0.15) is 19.4 Å². The molecule has 0 unspecified atom stereocenters. The molecule has 0 atom stereocenters. The normalized spacial score (nSPS) is 10.7. The first-order chi connectivity index (χ1) is 6.04. The van der Waals surface area contributed by atoms with Crippen LogP contribution < -0.4 is 0 Å². The average molecular weight is 177 g/mol. The van der Waals surface area contributed by atoms with Crippen LogP contribution in [0.25, 0.3) is 10.4 Å². The Balaban J connectivity index is 3.00. The average Bonchev–Trinajstić information content (AvgIpc) is 2.04. The van der Waals surface area contributed by atoms with Gasteiger partial charge in [0.15, 0.2) is 0 Å². The SMILES string of the molecule is CC(C)(O)c1ccc(N=[N+]=[N-])cc1. The van der Waals surface area contributed by atoms with Crippen LogP contribution in [0.2, 0.25) is 0 Å². The van der Waals surface area contributed by atoms with Crippen molar-refractivity contribution in [1.29, 1.82) is 0 Å². The topological polar surface area (TPSA) is 69.0 Å². The fraction of sp³-hybridized carbons (Fsp3) is 0.333. The van der Waals surface area contributed by atoms with E-state index in [1.165, 1.54) is 0 Å². The monoisotopic (exact) mass is 177 g/mol. The molecule has 0 aromatic heterocycles. The highest BCUT2D eigenvalue weighted by atomic mass is 16.3. The Hall–Kier alpha value is -1.51. The Labute approximate surface area is 76.5 Å². The number of hydrogen-bond acceptors (Lipinski definition) is 2. The first-order valence-corrected chi connectivity index (χ1v) is 3.92. The van der Waals surface area contributed by atoms with Crippen LogP contribution in [0, 0.1) is 0 Å². The van der Waals surface area contributed by atoms with Crippen molar-refractivity contribution in [1.82, 2.24) is 0 Å². The summed E-state index contributed by atoms with van der Waals surface area (Å²) in [5.41, 5.74) is 8.65. The van der Waals surface area contributed by atoms with E-state index in [1.54, 1.807) is 38.1 Å². The van der Waals surface area contributed by atoms with Crippen molar-refractivity contribution in [3.8, 4) is 0 Å². The van der Waals surface area contributed by atoms with Crippen molar-refractivity contribution in [2.24, 2.45) is 5.11 Å². The number of aliphatic hydroxyl groups is 1. The Kier molecular flexibility index (Phi) is 2.56. The highest BCUT2D eigenvalue weighted by molar-refractivity contribution is 5.39. The molecule has 0 aliphatic carbocycles. The van der Waals surface area contributed by atoms with E-state index in [2.05, 4.69) is 10.0 Å². The number of rotatable bonds is 2. The van der Waals surface area contributed by atoms with Crippen molar-refractivity contribution in [3.63, 3.8) is 0 Å². The standard InChI is InChI=1S/C9H11N3O/c1-9(2,13)7-3-5-8(6-4-7)11-12-10/h3-6,13H,1-2H3. The molecule has 68 valence electrons. The molecular formula is C9H11N3O. The molecule has 13 heavy (non-hydrogen) atoms. The van der Waals surface area contributed by atoms with Gasteiger partial charge in [-0.2, -0.15) is 0 Å². The summed E-state index contributed by atoms with van der Waals surface area (Å²) < 4.78 is 0. The Morgan fingerprint density at radius 1 is 1.31 bits per heavy atom.